The van der Waals surface area contributed by atoms with Gasteiger partial charge in [0.05, 0.1) is 13.2 Å². The fourth-order valence-corrected chi connectivity index (χ4v) is 6.60. The zero-order valence-corrected chi connectivity index (χ0v) is 29.6. The Hall–Kier alpha value is -0.600. The van der Waals surface area contributed by atoms with Crippen molar-refractivity contribution in [3.8, 4) is 0 Å². The van der Waals surface area contributed by atoms with Gasteiger partial charge in [0.2, 0.25) is 0 Å². The second-order valence-corrected chi connectivity index (χ2v) is 13.9. The molecule has 0 aliphatic carbocycles. The molecule has 0 saturated heterocycles. The van der Waals surface area contributed by atoms with Gasteiger partial charge in [0.25, 0.3) is 0 Å². The predicted molar refractivity (Wildman–Crippen MR) is 183 cm³/mol. The SMILES string of the molecule is CCCCCCCCCCCCC(=O)C(CCCCCCCCCCCC)=C(CCC)C(CN)OP(=O)(O)OC[C@H](O)CO. The summed E-state index contributed by atoms with van der Waals surface area (Å²) in [4.78, 5) is 24.0. The smallest absolute Gasteiger partial charge is 0.394 e. The third kappa shape index (κ3) is 23.7. The molecule has 0 rings (SSSR count). The van der Waals surface area contributed by atoms with Crippen molar-refractivity contribution in [2.24, 2.45) is 5.73 Å². The predicted octanol–water partition coefficient (Wildman–Crippen LogP) is 9.09. The van der Waals surface area contributed by atoms with E-state index < -0.39 is 33.2 Å². The van der Waals surface area contributed by atoms with E-state index in [9.17, 15) is 19.4 Å². The summed E-state index contributed by atoms with van der Waals surface area (Å²) >= 11 is 0. The van der Waals surface area contributed by atoms with Crippen LogP contribution >= 0.6 is 7.82 Å². The van der Waals surface area contributed by atoms with Crippen molar-refractivity contribution in [1.82, 2.24) is 0 Å². The molecule has 9 heteroatoms. The van der Waals surface area contributed by atoms with Gasteiger partial charge in [0, 0.05) is 13.0 Å². The minimum atomic E-state index is -4.58. The molecule has 0 radical (unpaired) electrons. The molecule has 0 aromatic heterocycles. The van der Waals surface area contributed by atoms with Gasteiger partial charge >= 0.3 is 7.82 Å². The Labute approximate surface area is 270 Å². The molecular formula is C35H70NO7P. The average molecular weight is 648 g/mol. The van der Waals surface area contributed by atoms with Gasteiger partial charge in [-0.3, -0.25) is 13.8 Å². The van der Waals surface area contributed by atoms with E-state index in [4.69, 9.17) is 19.9 Å². The Balaban J connectivity index is 5.30. The number of aliphatic hydroxyl groups excluding tert-OH is 2. The van der Waals surface area contributed by atoms with E-state index in [1.54, 1.807) is 0 Å². The molecular weight excluding hydrogens is 577 g/mol. The fraction of sp³-hybridized carbons (Fsp3) is 0.914. The van der Waals surface area contributed by atoms with Gasteiger partial charge in [-0.1, -0.05) is 143 Å². The van der Waals surface area contributed by atoms with Crippen LogP contribution in [0.1, 0.15) is 175 Å². The molecule has 0 aliphatic heterocycles. The Morgan fingerprint density at radius 3 is 1.52 bits per heavy atom. The van der Waals surface area contributed by atoms with Gasteiger partial charge < -0.3 is 20.8 Å². The van der Waals surface area contributed by atoms with E-state index in [0.29, 0.717) is 30.4 Å². The zero-order chi connectivity index (χ0) is 32.9. The van der Waals surface area contributed by atoms with Crippen molar-refractivity contribution < 1.29 is 33.5 Å². The number of allylic oxidation sites excluding steroid dienone is 1. The first-order chi connectivity index (χ1) is 21.3. The molecule has 5 N–H and O–H groups in total. The number of aliphatic hydroxyl groups is 2. The topological polar surface area (TPSA) is 139 Å². The summed E-state index contributed by atoms with van der Waals surface area (Å²) in [6, 6.07) is 0. The number of hydrogen-bond acceptors (Lipinski definition) is 7. The average Bonchev–Trinajstić information content (AvgIpc) is 3.01. The lowest BCUT2D eigenvalue weighted by Crippen LogP contribution is -2.28. The Morgan fingerprint density at radius 2 is 1.11 bits per heavy atom. The first-order valence-electron chi connectivity index (χ1n) is 18.2. The van der Waals surface area contributed by atoms with Gasteiger partial charge in [-0.05, 0) is 36.8 Å². The normalized spacial score (nSPS) is 15.2. The second kappa shape index (κ2) is 29.8. The minimum absolute atomic E-state index is 0.0706. The summed E-state index contributed by atoms with van der Waals surface area (Å²) in [6.07, 6.45) is 24.2. The highest BCUT2D eigenvalue weighted by molar-refractivity contribution is 7.47. The minimum Gasteiger partial charge on any atom is -0.394 e. The third-order valence-electron chi connectivity index (χ3n) is 8.29. The molecule has 44 heavy (non-hydrogen) atoms. The highest BCUT2D eigenvalue weighted by Crippen LogP contribution is 2.46. The molecule has 0 saturated carbocycles. The number of phosphoric ester groups is 1. The van der Waals surface area contributed by atoms with Gasteiger partial charge in [0.1, 0.15) is 12.2 Å². The molecule has 0 aliphatic rings. The van der Waals surface area contributed by atoms with Crippen LogP contribution in [0, 0.1) is 0 Å². The number of phosphoric acid groups is 1. The molecule has 0 bridgehead atoms. The standard InChI is InChI=1S/C35H70NO7P/c1-4-7-9-11-13-15-17-19-21-23-26-32(34(39)27-24-22-20-18-16-14-12-10-8-5-2)33(25-6-3)35(28-36)43-44(40,41)42-30-31(38)29-37/h31,35,37-38H,4-30,36H2,1-3H3,(H,40,41)/t31-,35?/m1/s1. The number of hydrogen-bond donors (Lipinski definition) is 4. The summed E-state index contributed by atoms with van der Waals surface area (Å²) in [5.74, 6) is 0.0929. The largest absolute Gasteiger partial charge is 0.472 e. The molecule has 0 amide bonds. The highest BCUT2D eigenvalue weighted by atomic mass is 31.2. The molecule has 0 heterocycles. The van der Waals surface area contributed by atoms with E-state index >= 15 is 0 Å². The van der Waals surface area contributed by atoms with Crippen LogP contribution < -0.4 is 5.73 Å². The Bertz CT molecular complexity index is 761. The molecule has 0 aromatic rings. The molecule has 0 fully saturated rings. The summed E-state index contributed by atoms with van der Waals surface area (Å²) in [5, 5.41) is 18.6. The monoisotopic (exact) mass is 647 g/mol. The Kier molecular flexibility index (Phi) is 29.4. The maximum atomic E-state index is 13.6. The van der Waals surface area contributed by atoms with Crippen molar-refractivity contribution in [3.05, 3.63) is 11.1 Å². The number of nitrogens with two attached hydrogens (primary N) is 1. The van der Waals surface area contributed by atoms with E-state index in [2.05, 4.69) is 13.8 Å². The summed E-state index contributed by atoms with van der Waals surface area (Å²) < 4.78 is 23.1. The number of rotatable bonds is 33. The van der Waals surface area contributed by atoms with Gasteiger partial charge in [-0.2, -0.15) is 0 Å². The maximum absolute atomic E-state index is 13.6. The van der Waals surface area contributed by atoms with Crippen LogP contribution in [0.15, 0.2) is 11.1 Å². The van der Waals surface area contributed by atoms with Gasteiger partial charge in [-0.15, -0.1) is 0 Å². The summed E-state index contributed by atoms with van der Waals surface area (Å²) in [5.41, 5.74) is 7.44. The molecule has 2 unspecified atom stereocenters. The van der Waals surface area contributed by atoms with Crippen molar-refractivity contribution in [1.29, 1.82) is 0 Å². The van der Waals surface area contributed by atoms with E-state index in [1.165, 1.54) is 89.9 Å². The van der Waals surface area contributed by atoms with Crippen LogP contribution in [0.3, 0.4) is 0 Å². The zero-order valence-electron chi connectivity index (χ0n) is 28.7. The van der Waals surface area contributed by atoms with Gasteiger partial charge in [0.15, 0.2) is 5.78 Å². The molecule has 0 aromatic carbocycles. The second-order valence-electron chi connectivity index (χ2n) is 12.5. The first-order valence-corrected chi connectivity index (χ1v) is 19.6. The van der Waals surface area contributed by atoms with Crippen LogP contribution in [-0.4, -0.2) is 52.9 Å². The molecule has 0 spiro atoms. The lowest BCUT2D eigenvalue weighted by Gasteiger charge is -2.25. The van der Waals surface area contributed by atoms with E-state index in [0.717, 1.165) is 44.9 Å². The summed E-state index contributed by atoms with van der Waals surface area (Å²) in [6.45, 7) is 5.26. The highest BCUT2D eigenvalue weighted by Gasteiger charge is 2.31. The Morgan fingerprint density at radius 1 is 0.682 bits per heavy atom. The third-order valence-corrected chi connectivity index (χ3v) is 9.28. The van der Waals surface area contributed by atoms with Crippen LogP contribution in [0.2, 0.25) is 0 Å². The van der Waals surface area contributed by atoms with Crippen LogP contribution in [0.25, 0.3) is 0 Å². The number of carbonyl (C=O) groups is 1. The number of ketones is 1. The van der Waals surface area contributed by atoms with E-state index in [-0.39, 0.29) is 12.3 Å². The van der Waals surface area contributed by atoms with Crippen molar-refractivity contribution in [2.75, 3.05) is 19.8 Å². The lowest BCUT2D eigenvalue weighted by molar-refractivity contribution is -0.116. The van der Waals surface area contributed by atoms with Crippen molar-refractivity contribution in [2.45, 2.75) is 187 Å². The van der Waals surface area contributed by atoms with Gasteiger partial charge in [-0.25, -0.2) is 4.57 Å². The van der Waals surface area contributed by atoms with Crippen molar-refractivity contribution in [3.63, 3.8) is 0 Å². The van der Waals surface area contributed by atoms with E-state index in [1.807, 2.05) is 6.92 Å². The first kappa shape index (κ1) is 43.4. The van der Waals surface area contributed by atoms with Crippen molar-refractivity contribution >= 4 is 13.6 Å². The van der Waals surface area contributed by atoms with Crippen LogP contribution in [0.4, 0.5) is 0 Å². The molecule has 262 valence electrons. The summed E-state index contributed by atoms with van der Waals surface area (Å²) in [7, 11) is -4.58. The maximum Gasteiger partial charge on any atom is 0.472 e. The number of unbranched alkanes of at least 4 members (excludes halogenated alkanes) is 18. The fourth-order valence-electron chi connectivity index (χ4n) is 5.64. The van der Waals surface area contributed by atoms with Crippen LogP contribution in [0.5, 0.6) is 0 Å². The van der Waals surface area contributed by atoms with Crippen LogP contribution in [-0.2, 0) is 18.4 Å². The molecule has 3 atom stereocenters. The quantitative estimate of drug-likeness (QED) is 0.0314. The molecule has 8 nitrogen and oxygen atoms in total. The number of carbonyl (C=O) groups excluding carboxylic acids is 1. The lowest BCUT2D eigenvalue weighted by atomic mass is 9.89. The number of Topliss-reactive ketones (excluding diaryl/α,β-unsaturated/α-hetero) is 1.